The predicted molar refractivity (Wildman–Crippen MR) is 101 cm³/mol. The molecule has 1 amide bonds. The Kier molecular flexibility index (Phi) is 5.61. The number of ether oxygens (including phenoxy) is 1. The van der Waals surface area contributed by atoms with Gasteiger partial charge in [-0.25, -0.2) is 14.4 Å². The van der Waals surface area contributed by atoms with E-state index >= 15 is 0 Å². The van der Waals surface area contributed by atoms with Crippen molar-refractivity contribution < 1.29 is 13.9 Å². The molecule has 0 saturated carbocycles. The van der Waals surface area contributed by atoms with Crippen LogP contribution in [-0.2, 0) is 6.54 Å². The molecule has 2 aromatic carbocycles. The van der Waals surface area contributed by atoms with Gasteiger partial charge in [0.2, 0.25) is 5.95 Å². The Morgan fingerprint density at radius 2 is 1.85 bits per heavy atom. The number of carbonyl (C=O) groups is 1. The van der Waals surface area contributed by atoms with Crippen molar-refractivity contribution in [1.29, 1.82) is 0 Å². The van der Waals surface area contributed by atoms with Gasteiger partial charge in [0.15, 0.2) is 0 Å². The Balaban J connectivity index is 1.76. The van der Waals surface area contributed by atoms with Crippen LogP contribution in [0.4, 0.5) is 16.0 Å². The zero-order valence-electron chi connectivity index (χ0n) is 15.0. The molecule has 3 rings (SSSR count). The number of halogens is 1. The second kappa shape index (κ2) is 8.27. The number of methoxy groups -OCH3 is 1. The predicted octanol–water partition coefficient (Wildman–Crippen LogP) is 3.80. The van der Waals surface area contributed by atoms with E-state index in [1.165, 1.54) is 13.2 Å². The lowest BCUT2D eigenvalue weighted by atomic mass is 10.2. The second-order valence-electron chi connectivity index (χ2n) is 5.82. The third-order valence-electron chi connectivity index (χ3n) is 3.84. The molecule has 7 heteroatoms. The minimum Gasteiger partial charge on any atom is -0.495 e. The van der Waals surface area contributed by atoms with Crippen molar-refractivity contribution in [3.63, 3.8) is 0 Å². The lowest BCUT2D eigenvalue weighted by Gasteiger charge is -2.11. The van der Waals surface area contributed by atoms with E-state index in [2.05, 4.69) is 20.6 Å². The van der Waals surface area contributed by atoms with Crippen molar-refractivity contribution >= 4 is 17.5 Å². The zero-order valence-corrected chi connectivity index (χ0v) is 15.0. The molecule has 2 N–H and O–H groups in total. The van der Waals surface area contributed by atoms with Gasteiger partial charge in [0.05, 0.1) is 12.8 Å². The maximum atomic E-state index is 13.7. The molecule has 0 aliphatic carbocycles. The summed E-state index contributed by atoms with van der Waals surface area (Å²) in [6, 6.07) is 15.1. The number of para-hydroxylation sites is 2. The van der Waals surface area contributed by atoms with Crippen LogP contribution in [0.3, 0.4) is 0 Å². The summed E-state index contributed by atoms with van der Waals surface area (Å²) >= 11 is 0. The first-order valence-electron chi connectivity index (χ1n) is 8.34. The Morgan fingerprint density at radius 3 is 2.63 bits per heavy atom. The fraction of sp³-hybridized carbons (Fsp3) is 0.150. The van der Waals surface area contributed by atoms with Gasteiger partial charge < -0.3 is 15.4 Å². The molecular formula is C20H19FN4O2. The molecule has 0 unspecified atom stereocenters. The number of rotatable bonds is 6. The molecule has 3 aromatic rings. The van der Waals surface area contributed by atoms with Crippen LogP contribution >= 0.6 is 0 Å². The molecule has 0 aliphatic heterocycles. The van der Waals surface area contributed by atoms with Crippen molar-refractivity contribution in [1.82, 2.24) is 9.97 Å². The Bertz CT molecular complexity index is 962. The van der Waals surface area contributed by atoms with Crippen molar-refractivity contribution in [2.75, 3.05) is 17.7 Å². The maximum Gasteiger partial charge on any atom is 0.274 e. The molecule has 138 valence electrons. The number of hydrogen-bond acceptors (Lipinski definition) is 5. The summed E-state index contributed by atoms with van der Waals surface area (Å²) < 4.78 is 19.0. The van der Waals surface area contributed by atoms with Gasteiger partial charge in [-0.15, -0.1) is 0 Å². The molecule has 0 fully saturated rings. The summed E-state index contributed by atoms with van der Waals surface area (Å²) in [6.07, 6.45) is 0. The topological polar surface area (TPSA) is 76.1 Å². The molecule has 0 bridgehead atoms. The van der Waals surface area contributed by atoms with Crippen LogP contribution in [0.1, 0.15) is 21.7 Å². The van der Waals surface area contributed by atoms with Gasteiger partial charge in [-0.3, -0.25) is 4.79 Å². The van der Waals surface area contributed by atoms with Gasteiger partial charge in [0.1, 0.15) is 17.3 Å². The standard InChI is InChI=1S/C20H19FN4O2/c1-13-11-17(19(26)24-16-9-5-6-10-18(16)27-2)25-20(23-13)22-12-14-7-3-4-8-15(14)21/h3-11H,12H2,1-2H3,(H,24,26)(H,22,23,25). The van der Waals surface area contributed by atoms with Gasteiger partial charge in [0, 0.05) is 17.8 Å². The molecule has 1 aromatic heterocycles. The fourth-order valence-electron chi connectivity index (χ4n) is 2.51. The number of amides is 1. The van der Waals surface area contributed by atoms with Crippen LogP contribution in [0, 0.1) is 12.7 Å². The molecule has 0 saturated heterocycles. The number of anilines is 2. The number of benzene rings is 2. The summed E-state index contributed by atoms with van der Waals surface area (Å²) in [5.74, 6) is 0.101. The zero-order chi connectivity index (χ0) is 19.2. The number of aryl methyl sites for hydroxylation is 1. The summed E-state index contributed by atoms with van der Waals surface area (Å²) in [6.45, 7) is 1.97. The molecule has 27 heavy (non-hydrogen) atoms. The first kappa shape index (κ1) is 18.3. The summed E-state index contributed by atoms with van der Waals surface area (Å²) in [7, 11) is 1.53. The number of hydrogen-bond donors (Lipinski definition) is 2. The highest BCUT2D eigenvalue weighted by Gasteiger charge is 2.13. The lowest BCUT2D eigenvalue weighted by Crippen LogP contribution is -2.16. The van der Waals surface area contributed by atoms with E-state index in [-0.39, 0.29) is 29.9 Å². The van der Waals surface area contributed by atoms with E-state index in [0.717, 1.165) is 0 Å². The summed E-state index contributed by atoms with van der Waals surface area (Å²) in [5, 5.41) is 5.73. The first-order valence-corrected chi connectivity index (χ1v) is 8.34. The molecule has 0 spiro atoms. The average molecular weight is 366 g/mol. The van der Waals surface area contributed by atoms with Crippen molar-refractivity contribution in [3.8, 4) is 5.75 Å². The average Bonchev–Trinajstić information content (AvgIpc) is 2.67. The molecule has 0 radical (unpaired) electrons. The van der Waals surface area contributed by atoms with Crippen LogP contribution in [0.15, 0.2) is 54.6 Å². The number of nitrogens with zero attached hydrogens (tertiary/aromatic N) is 2. The highest BCUT2D eigenvalue weighted by atomic mass is 19.1. The van der Waals surface area contributed by atoms with Gasteiger partial charge >= 0.3 is 0 Å². The third-order valence-corrected chi connectivity index (χ3v) is 3.84. The molecule has 0 atom stereocenters. The van der Waals surface area contributed by atoms with Crippen LogP contribution in [-0.4, -0.2) is 23.0 Å². The Hall–Kier alpha value is -3.48. The van der Waals surface area contributed by atoms with Crippen molar-refractivity contribution in [2.24, 2.45) is 0 Å². The monoisotopic (exact) mass is 366 g/mol. The Labute approximate surface area is 156 Å². The smallest absolute Gasteiger partial charge is 0.274 e. The van der Waals surface area contributed by atoms with E-state index in [9.17, 15) is 9.18 Å². The minimum atomic E-state index is -0.390. The van der Waals surface area contributed by atoms with Gasteiger partial charge in [-0.2, -0.15) is 0 Å². The largest absolute Gasteiger partial charge is 0.495 e. The van der Waals surface area contributed by atoms with Crippen molar-refractivity contribution in [2.45, 2.75) is 13.5 Å². The van der Waals surface area contributed by atoms with E-state index in [0.29, 0.717) is 22.7 Å². The fourth-order valence-corrected chi connectivity index (χ4v) is 2.51. The van der Waals surface area contributed by atoms with Crippen LogP contribution in [0.5, 0.6) is 5.75 Å². The number of aromatic nitrogens is 2. The normalized spacial score (nSPS) is 10.3. The summed E-state index contributed by atoms with van der Waals surface area (Å²) in [5.41, 5.74) is 1.85. The number of carbonyl (C=O) groups excluding carboxylic acids is 1. The van der Waals surface area contributed by atoms with E-state index in [4.69, 9.17) is 4.74 Å². The maximum absolute atomic E-state index is 13.7. The first-order chi connectivity index (χ1) is 13.1. The molecule has 1 heterocycles. The van der Waals surface area contributed by atoms with Gasteiger partial charge in [-0.05, 0) is 31.2 Å². The highest BCUT2D eigenvalue weighted by molar-refractivity contribution is 6.03. The van der Waals surface area contributed by atoms with Crippen LogP contribution < -0.4 is 15.4 Å². The molecule has 0 aliphatic rings. The van der Waals surface area contributed by atoms with Crippen LogP contribution in [0.25, 0.3) is 0 Å². The summed E-state index contributed by atoms with van der Waals surface area (Å²) in [4.78, 5) is 21.1. The van der Waals surface area contributed by atoms with Crippen LogP contribution in [0.2, 0.25) is 0 Å². The SMILES string of the molecule is COc1ccccc1NC(=O)c1cc(C)nc(NCc2ccccc2F)n1. The minimum absolute atomic E-state index is 0.199. The quantitative estimate of drug-likeness (QED) is 0.694. The Morgan fingerprint density at radius 1 is 1.11 bits per heavy atom. The molecule has 6 nitrogen and oxygen atoms in total. The third kappa shape index (κ3) is 4.58. The lowest BCUT2D eigenvalue weighted by molar-refractivity contribution is 0.102. The van der Waals surface area contributed by atoms with E-state index < -0.39 is 0 Å². The number of nitrogens with one attached hydrogen (secondary N) is 2. The van der Waals surface area contributed by atoms with Crippen molar-refractivity contribution in [3.05, 3.63) is 77.4 Å². The second-order valence-corrected chi connectivity index (χ2v) is 5.82. The van der Waals surface area contributed by atoms with Gasteiger partial charge in [0.25, 0.3) is 5.91 Å². The van der Waals surface area contributed by atoms with E-state index in [1.54, 1.807) is 49.4 Å². The highest BCUT2D eigenvalue weighted by Crippen LogP contribution is 2.23. The van der Waals surface area contributed by atoms with E-state index in [1.807, 2.05) is 6.07 Å². The van der Waals surface area contributed by atoms with Gasteiger partial charge in [-0.1, -0.05) is 30.3 Å². The molecular weight excluding hydrogens is 347 g/mol.